The quantitative estimate of drug-likeness (QED) is 0.842. The number of hydrogen-bond acceptors (Lipinski definition) is 6. The first kappa shape index (κ1) is 16.2. The number of aliphatic hydroxyl groups excluding tert-OH is 1. The molecule has 130 valence electrons. The molecule has 0 atom stereocenters. The molecular formula is C18H26N4OS. The maximum atomic E-state index is 9.57. The van der Waals surface area contributed by atoms with Gasteiger partial charge in [-0.3, -0.25) is 4.90 Å². The van der Waals surface area contributed by atoms with Gasteiger partial charge in [0, 0.05) is 16.8 Å². The summed E-state index contributed by atoms with van der Waals surface area (Å²) in [6, 6.07) is 0. The summed E-state index contributed by atoms with van der Waals surface area (Å²) in [7, 11) is 0. The SMILES string of the molecule is Cc1sc2nc(CN3CCCC3)nc(NCC3(CO)CC3)c2c1C. The van der Waals surface area contributed by atoms with E-state index >= 15 is 0 Å². The molecule has 24 heavy (non-hydrogen) atoms. The summed E-state index contributed by atoms with van der Waals surface area (Å²) in [6.45, 7) is 8.51. The molecule has 1 saturated heterocycles. The lowest BCUT2D eigenvalue weighted by Crippen LogP contribution is -2.22. The van der Waals surface area contributed by atoms with Crippen LogP contribution in [0.1, 0.15) is 41.9 Å². The molecule has 0 bridgehead atoms. The van der Waals surface area contributed by atoms with Crippen LogP contribution < -0.4 is 5.32 Å². The van der Waals surface area contributed by atoms with Crippen LogP contribution in [0.15, 0.2) is 0 Å². The molecule has 5 nitrogen and oxygen atoms in total. The van der Waals surface area contributed by atoms with Crippen LogP contribution in [0, 0.1) is 19.3 Å². The van der Waals surface area contributed by atoms with Gasteiger partial charge >= 0.3 is 0 Å². The molecule has 2 N–H and O–H groups in total. The highest BCUT2D eigenvalue weighted by molar-refractivity contribution is 7.18. The zero-order valence-electron chi connectivity index (χ0n) is 14.6. The predicted octanol–water partition coefficient (Wildman–Crippen LogP) is 3.09. The van der Waals surface area contributed by atoms with Gasteiger partial charge in [-0.2, -0.15) is 0 Å². The van der Waals surface area contributed by atoms with Gasteiger partial charge in [0.05, 0.1) is 18.5 Å². The van der Waals surface area contributed by atoms with E-state index in [1.165, 1.54) is 23.3 Å². The molecule has 1 saturated carbocycles. The number of likely N-dealkylation sites (tertiary alicyclic amines) is 1. The van der Waals surface area contributed by atoms with Crippen molar-refractivity contribution in [1.29, 1.82) is 0 Å². The number of nitrogens with zero attached hydrogens (tertiary/aromatic N) is 3. The molecule has 1 aliphatic heterocycles. The van der Waals surface area contributed by atoms with E-state index in [0.717, 1.165) is 60.9 Å². The van der Waals surface area contributed by atoms with Gasteiger partial charge in [-0.15, -0.1) is 11.3 Å². The van der Waals surface area contributed by atoms with Crippen molar-refractivity contribution in [3.63, 3.8) is 0 Å². The molecule has 4 rings (SSSR count). The van der Waals surface area contributed by atoms with Gasteiger partial charge in [0.2, 0.25) is 0 Å². The monoisotopic (exact) mass is 346 g/mol. The van der Waals surface area contributed by atoms with E-state index < -0.39 is 0 Å². The van der Waals surface area contributed by atoms with Crippen LogP contribution in [0.5, 0.6) is 0 Å². The third-order valence-electron chi connectivity index (χ3n) is 5.56. The van der Waals surface area contributed by atoms with Gasteiger partial charge in [0.1, 0.15) is 16.5 Å². The fourth-order valence-corrected chi connectivity index (χ4v) is 4.52. The number of aryl methyl sites for hydroxylation is 2. The van der Waals surface area contributed by atoms with Gasteiger partial charge in [-0.25, -0.2) is 9.97 Å². The minimum absolute atomic E-state index is 0.0748. The van der Waals surface area contributed by atoms with E-state index in [1.54, 1.807) is 11.3 Å². The number of aliphatic hydroxyl groups is 1. The second kappa shape index (κ2) is 6.24. The number of rotatable bonds is 6. The zero-order valence-corrected chi connectivity index (χ0v) is 15.4. The lowest BCUT2D eigenvalue weighted by molar-refractivity contribution is 0.219. The lowest BCUT2D eigenvalue weighted by Gasteiger charge is -2.17. The van der Waals surface area contributed by atoms with Crippen molar-refractivity contribution >= 4 is 27.4 Å². The van der Waals surface area contributed by atoms with Crippen molar-refractivity contribution < 1.29 is 5.11 Å². The summed E-state index contributed by atoms with van der Waals surface area (Å²) in [6.07, 6.45) is 4.77. The Hall–Kier alpha value is -1.24. The van der Waals surface area contributed by atoms with Crippen molar-refractivity contribution in [3.05, 3.63) is 16.3 Å². The highest BCUT2D eigenvalue weighted by Crippen LogP contribution is 2.45. The zero-order chi connectivity index (χ0) is 16.7. The number of thiophene rings is 1. The molecule has 0 aromatic carbocycles. The first-order chi connectivity index (χ1) is 11.6. The van der Waals surface area contributed by atoms with E-state index in [9.17, 15) is 5.11 Å². The number of aromatic nitrogens is 2. The molecule has 2 aliphatic rings. The first-order valence-corrected chi connectivity index (χ1v) is 9.76. The first-order valence-electron chi connectivity index (χ1n) is 8.94. The maximum absolute atomic E-state index is 9.57. The number of fused-ring (bicyclic) bond motifs is 1. The van der Waals surface area contributed by atoms with Crippen LogP contribution in [-0.4, -0.2) is 46.2 Å². The highest BCUT2D eigenvalue weighted by atomic mass is 32.1. The molecule has 3 heterocycles. The molecule has 0 unspecified atom stereocenters. The maximum Gasteiger partial charge on any atom is 0.146 e. The minimum atomic E-state index is 0.0748. The van der Waals surface area contributed by atoms with Crippen LogP contribution in [0.2, 0.25) is 0 Å². The summed E-state index contributed by atoms with van der Waals surface area (Å²) in [5, 5.41) is 14.3. The number of anilines is 1. The van der Waals surface area contributed by atoms with E-state index in [-0.39, 0.29) is 12.0 Å². The van der Waals surface area contributed by atoms with Crippen molar-refractivity contribution in [2.45, 2.75) is 46.1 Å². The molecule has 2 aromatic heterocycles. The largest absolute Gasteiger partial charge is 0.396 e. The summed E-state index contributed by atoms with van der Waals surface area (Å²) in [5.41, 5.74) is 1.35. The molecule has 0 spiro atoms. The van der Waals surface area contributed by atoms with Gasteiger partial charge < -0.3 is 10.4 Å². The second-order valence-electron chi connectivity index (χ2n) is 7.45. The average Bonchev–Trinajstić information content (AvgIpc) is 3.07. The van der Waals surface area contributed by atoms with Crippen molar-refractivity contribution in [2.75, 3.05) is 31.6 Å². The Morgan fingerprint density at radius 2 is 1.96 bits per heavy atom. The number of hydrogen-bond donors (Lipinski definition) is 2. The topological polar surface area (TPSA) is 61.3 Å². The third kappa shape index (κ3) is 3.03. The summed E-state index contributed by atoms with van der Waals surface area (Å²) in [4.78, 5) is 14.5. The predicted molar refractivity (Wildman–Crippen MR) is 98.6 cm³/mol. The Bertz CT molecular complexity index is 747. The van der Waals surface area contributed by atoms with E-state index in [1.807, 2.05) is 0 Å². The molecule has 2 aromatic rings. The van der Waals surface area contributed by atoms with E-state index in [2.05, 4.69) is 24.1 Å². The van der Waals surface area contributed by atoms with Gasteiger partial charge in [-0.1, -0.05) is 0 Å². The normalized spacial score (nSPS) is 20.0. The molecular weight excluding hydrogens is 320 g/mol. The standard InChI is InChI=1S/C18H26N4OS/c1-12-13(2)24-17-15(12)16(19-10-18(11-23)5-6-18)20-14(21-17)9-22-7-3-4-8-22/h23H,3-11H2,1-2H3,(H,19,20,21). The van der Waals surface area contributed by atoms with Gasteiger partial charge in [0.25, 0.3) is 0 Å². The molecule has 1 aliphatic carbocycles. The van der Waals surface area contributed by atoms with Crippen molar-refractivity contribution in [1.82, 2.24) is 14.9 Å². The van der Waals surface area contributed by atoms with Crippen LogP contribution in [0.3, 0.4) is 0 Å². The molecule has 6 heteroatoms. The van der Waals surface area contributed by atoms with Crippen molar-refractivity contribution in [2.24, 2.45) is 5.41 Å². The Morgan fingerprint density at radius 3 is 2.62 bits per heavy atom. The van der Waals surface area contributed by atoms with Gasteiger partial charge in [0.15, 0.2) is 0 Å². The fourth-order valence-electron chi connectivity index (χ4n) is 3.47. The molecule has 0 radical (unpaired) electrons. The Kier molecular flexibility index (Phi) is 4.22. The Balaban J connectivity index is 1.65. The highest BCUT2D eigenvalue weighted by Gasteiger charge is 2.41. The Labute approximate surface area is 147 Å². The van der Waals surface area contributed by atoms with Crippen LogP contribution in [0.4, 0.5) is 5.82 Å². The summed E-state index contributed by atoms with van der Waals surface area (Å²) >= 11 is 1.76. The second-order valence-corrected chi connectivity index (χ2v) is 8.65. The summed E-state index contributed by atoms with van der Waals surface area (Å²) in [5.74, 6) is 1.87. The average molecular weight is 347 g/mol. The number of nitrogens with one attached hydrogen (secondary N) is 1. The fraction of sp³-hybridized carbons (Fsp3) is 0.667. The van der Waals surface area contributed by atoms with E-state index in [0.29, 0.717) is 0 Å². The molecule has 2 fully saturated rings. The van der Waals surface area contributed by atoms with Crippen LogP contribution in [0.25, 0.3) is 10.2 Å². The van der Waals surface area contributed by atoms with Crippen LogP contribution in [-0.2, 0) is 6.54 Å². The van der Waals surface area contributed by atoms with Crippen LogP contribution >= 0.6 is 11.3 Å². The molecule has 0 amide bonds. The smallest absolute Gasteiger partial charge is 0.146 e. The lowest BCUT2D eigenvalue weighted by atomic mass is 10.1. The van der Waals surface area contributed by atoms with Gasteiger partial charge in [-0.05, 0) is 58.2 Å². The minimum Gasteiger partial charge on any atom is -0.396 e. The summed E-state index contributed by atoms with van der Waals surface area (Å²) < 4.78 is 0. The Morgan fingerprint density at radius 1 is 1.21 bits per heavy atom. The van der Waals surface area contributed by atoms with E-state index in [4.69, 9.17) is 9.97 Å². The third-order valence-corrected chi connectivity index (χ3v) is 6.66. The van der Waals surface area contributed by atoms with Crippen molar-refractivity contribution in [3.8, 4) is 0 Å².